The molecule has 1 saturated heterocycles. The lowest BCUT2D eigenvalue weighted by molar-refractivity contribution is -0.120. The number of benzene rings is 2. The molecule has 126 valence electrons. The van der Waals surface area contributed by atoms with E-state index in [-0.39, 0.29) is 5.91 Å². The number of amides is 1. The first kappa shape index (κ1) is 16.7. The van der Waals surface area contributed by atoms with Crippen LogP contribution in [0.15, 0.2) is 54.6 Å². The molecular weight excluding hydrogens is 298 g/mol. The topological polar surface area (TPSA) is 44.4 Å². The first-order chi connectivity index (χ1) is 11.8. The Morgan fingerprint density at radius 1 is 0.958 bits per heavy atom. The fraction of sp³-hybridized carbons (Fsp3) is 0.350. The highest BCUT2D eigenvalue weighted by Gasteiger charge is 2.09. The number of carbonyl (C=O) groups excluding carboxylic acids is 1. The second-order valence-corrected chi connectivity index (χ2v) is 6.18. The van der Waals surface area contributed by atoms with Crippen LogP contribution in [0, 0.1) is 0 Å². The summed E-state index contributed by atoms with van der Waals surface area (Å²) in [6.45, 7) is 5.87. The SMILES string of the molecule is O=C(Cc1ccc(-c2ccccc2)cc1)NCCN1CCNCC1. The van der Waals surface area contributed by atoms with Crippen molar-refractivity contribution in [3.8, 4) is 11.1 Å². The molecule has 0 spiro atoms. The summed E-state index contributed by atoms with van der Waals surface area (Å²) in [6.07, 6.45) is 0.441. The zero-order valence-electron chi connectivity index (χ0n) is 14.0. The van der Waals surface area contributed by atoms with Gasteiger partial charge in [-0.25, -0.2) is 0 Å². The monoisotopic (exact) mass is 323 g/mol. The summed E-state index contributed by atoms with van der Waals surface area (Å²) in [6, 6.07) is 18.5. The molecule has 0 aliphatic carbocycles. The number of rotatable bonds is 6. The number of hydrogen-bond donors (Lipinski definition) is 2. The molecule has 0 bridgehead atoms. The average Bonchev–Trinajstić information content (AvgIpc) is 2.64. The van der Waals surface area contributed by atoms with Crippen molar-refractivity contribution in [3.63, 3.8) is 0 Å². The lowest BCUT2D eigenvalue weighted by Crippen LogP contribution is -2.46. The molecule has 1 aliphatic heterocycles. The van der Waals surface area contributed by atoms with E-state index in [0.717, 1.165) is 44.8 Å². The highest BCUT2D eigenvalue weighted by Crippen LogP contribution is 2.19. The molecular formula is C20H25N3O. The summed E-state index contributed by atoms with van der Waals surface area (Å²) in [5, 5.41) is 6.36. The third kappa shape index (κ3) is 4.91. The van der Waals surface area contributed by atoms with Gasteiger partial charge in [0.2, 0.25) is 5.91 Å². The standard InChI is InChI=1S/C20H25N3O/c24-20(22-12-15-23-13-10-21-11-14-23)16-17-6-8-19(9-7-17)18-4-2-1-3-5-18/h1-9,21H,10-16H2,(H,22,24). The molecule has 0 radical (unpaired) electrons. The Bertz CT molecular complexity index is 634. The molecule has 0 saturated carbocycles. The predicted molar refractivity (Wildman–Crippen MR) is 97.9 cm³/mol. The van der Waals surface area contributed by atoms with Gasteiger partial charge in [0.15, 0.2) is 0 Å². The van der Waals surface area contributed by atoms with Crippen LogP contribution in [-0.2, 0) is 11.2 Å². The molecule has 2 N–H and O–H groups in total. The Balaban J connectivity index is 1.44. The Kier molecular flexibility index (Phi) is 5.99. The minimum Gasteiger partial charge on any atom is -0.355 e. The summed E-state index contributed by atoms with van der Waals surface area (Å²) in [5.74, 6) is 0.0950. The first-order valence-electron chi connectivity index (χ1n) is 8.65. The molecule has 0 unspecified atom stereocenters. The van der Waals surface area contributed by atoms with E-state index in [1.807, 2.05) is 30.3 Å². The second-order valence-electron chi connectivity index (χ2n) is 6.18. The molecule has 3 rings (SSSR count). The molecule has 2 aromatic carbocycles. The van der Waals surface area contributed by atoms with Crippen molar-refractivity contribution < 1.29 is 4.79 Å². The van der Waals surface area contributed by atoms with Crippen LogP contribution in [0.2, 0.25) is 0 Å². The summed E-state index contributed by atoms with van der Waals surface area (Å²) in [4.78, 5) is 14.4. The Labute approximate surface area is 143 Å². The molecule has 1 amide bonds. The van der Waals surface area contributed by atoms with Gasteiger partial charge in [-0.3, -0.25) is 9.69 Å². The van der Waals surface area contributed by atoms with Gasteiger partial charge in [-0.15, -0.1) is 0 Å². The third-order valence-electron chi connectivity index (χ3n) is 4.39. The Hall–Kier alpha value is -2.17. The van der Waals surface area contributed by atoms with Crippen LogP contribution >= 0.6 is 0 Å². The van der Waals surface area contributed by atoms with E-state index < -0.39 is 0 Å². The van der Waals surface area contributed by atoms with Gasteiger partial charge in [-0.1, -0.05) is 54.6 Å². The van der Waals surface area contributed by atoms with Crippen LogP contribution < -0.4 is 10.6 Å². The number of hydrogen-bond acceptors (Lipinski definition) is 3. The third-order valence-corrected chi connectivity index (χ3v) is 4.39. The van der Waals surface area contributed by atoms with Crippen molar-refractivity contribution in [1.29, 1.82) is 0 Å². The number of nitrogens with zero attached hydrogens (tertiary/aromatic N) is 1. The Morgan fingerprint density at radius 2 is 1.62 bits per heavy atom. The van der Waals surface area contributed by atoms with Crippen molar-refractivity contribution >= 4 is 5.91 Å². The normalized spacial score (nSPS) is 15.2. The fourth-order valence-electron chi connectivity index (χ4n) is 2.98. The molecule has 1 fully saturated rings. The lowest BCUT2D eigenvalue weighted by atomic mass is 10.0. The van der Waals surface area contributed by atoms with E-state index in [0.29, 0.717) is 6.42 Å². The van der Waals surface area contributed by atoms with Crippen molar-refractivity contribution in [2.45, 2.75) is 6.42 Å². The highest BCUT2D eigenvalue weighted by molar-refractivity contribution is 5.78. The fourth-order valence-corrected chi connectivity index (χ4v) is 2.98. The number of carbonyl (C=O) groups is 1. The predicted octanol–water partition coefficient (Wildman–Crippen LogP) is 1.92. The maximum Gasteiger partial charge on any atom is 0.224 e. The first-order valence-corrected chi connectivity index (χ1v) is 8.65. The zero-order valence-corrected chi connectivity index (χ0v) is 14.0. The molecule has 0 aromatic heterocycles. The summed E-state index contributed by atoms with van der Waals surface area (Å²) in [5.41, 5.74) is 3.43. The quantitative estimate of drug-likeness (QED) is 0.854. The minimum absolute atomic E-state index is 0.0950. The summed E-state index contributed by atoms with van der Waals surface area (Å²) in [7, 11) is 0. The van der Waals surface area contributed by atoms with Crippen LogP contribution in [0.5, 0.6) is 0 Å². The number of piperazine rings is 1. The molecule has 0 atom stereocenters. The maximum absolute atomic E-state index is 12.1. The zero-order chi connectivity index (χ0) is 16.6. The summed E-state index contributed by atoms with van der Waals surface area (Å²) < 4.78 is 0. The van der Waals surface area contributed by atoms with E-state index >= 15 is 0 Å². The van der Waals surface area contributed by atoms with Gasteiger partial charge >= 0.3 is 0 Å². The molecule has 4 heteroatoms. The van der Waals surface area contributed by atoms with Gasteiger partial charge in [0.05, 0.1) is 6.42 Å². The van der Waals surface area contributed by atoms with Crippen LogP contribution in [0.25, 0.3) is 11.1 Å². The second kappa shape index (κ2) is 8.62. The van der Waals surface area contributed by atoms with E-state index in [9.17, 15) is 4.79 Å². The molecule has 1 aliphatic rings. The smallest absolute Gasteiger partial charge is 0.224 e. The van der Waals surface area contributed by atoms with Gasteiger partial charge in [0, 0.05) is 39.3 Å². The molecule has 24 heavy (non-hydrogen) atoms. The van der Waals surface area contributed by atoms with Crippen molar-refractivity contribution in [1.82, 2.24) is 15.5 Å². The molecule has 1 heterocycles. The van der Waals surface area contributed by atoms with Crippen LogP contribution in [0.4, 0.5) is 0 Å². The average molecular weight is 323 g/mol. The van der Waals surface area contributed by atoms with Crippen molar-refractivity contribution in [3.05, 3.63) is 60.2 Å². The van der Waals surface area contributed by atoms with Gasteiger partial charge in [0.1, 0.15) is 0 Å². The van der Waals surface area contributed by atoms with Crippen LogP contribution in [0.3, 0.4) is 0 Å². The van der Waals surface area contributed by atoms with Gasteiger partial charge in [0.25, 0.3) is 0 Å². The van der Waals surface area contributed by atoms with Crippen LogP contribution in [-0.4, -0.2) is 50.1 Å². The van der Waals surface area contributed by atoms with E-state index in [1.54, 1.807) is 0 Å². The van der Waals surface area contributed by atoms with E-state index in [4.69, 9.17) is 0 Å². The summed E-state index contributed by atoms with van der Waals surface area (Å²) >= 11 is 0. The highest BCUT2D eigenvalue weighted by atomic mass is 16.1. The van der Waals surface area contributed by atoms with Crippen molar-refractivity contribution in [2.75, 3.05) is 39.3 Å². The van der Waals surface area contributed by atoms with Gasteiger partial charge in [-0.2, -0.15) is 0 Å². The largest absolute Gasteiger partial charge is 0.355 e. The molecule has 2 aromatic rings. The van der Waals surface area contributed by atoms with Gasteiger partial charge in [-0.05, 0) is 16.7 Å². The minimum atomic E-state index is 0.0950. The molecule has 4 nitrogen and oxygen atoms in total. The van der Waals surface area contributed by atoms with Crippen molar-refractivity contribution in [2.24, 2.45) is 0 Å². The van der Waals surface area contributed by atoms with Crippen LogP contribution in [0.1, 0.15) is 5.56 Å². The lowest BCUT2D eigenvalue weighted by Gasteiger charge is -2.27. The van der Waals surface area contributed by atoms with Gasteiger partial charge < -0.3 is 10.6 Å². The van der Waals surface area contributed by atoms with E-state index in [1.165, 1.54) is 11.1 Å². The Morgan fingerprint density at radius 3 is 2.33 bits per heavy atom. The van der Waals surface area contributed by atoms with E-state index in [2.05, 4.69) is 39.8 Å². The maximum atomic E-state index is 12.1. The number of nitrogens with one attached hydrogen (secondary N) is 2.